The Kier molecular flexibility index (Phi) is 6.04. The van der Waals surface area contributed by atoms with Gasteiger partial charge >= 0.3 is 5.97 Å². The Hall–Kier alpha value is -1.37. The van der Waals surface area contributed by atoms with Crippen LogP contribution in [0.5, 0.6) is 0 Å². The van der Waals surface area contributed by atoms with Gasteiger partial charge in [0, 0.05) is 24.2 Å². The number of hydrogen-bond acceptors (Lipinski definition) is 4. The van der Waals surface area contributed by atoms with Crippen LogP contribution in [0.15, 0.2) is 18.6 Å². The molecule has 6 nitrogen and oxygen atoms in total. The summed E-state index contributed by atoms with van der Waals surface area (Å²) in [6.07, 6.45) is 4.42. The third-order valence-electron chi connectivity index (χ3n) is 1.98. The van der Waals surface area contributed by atoms with E-state index in [1.807, 2.05) is 0 Å². The maximum atomic E-state index is 10.9. The number of aromatic nitrogens is 4. The summed E-state index contributed by atoms with van der Waals surface area (Å²) in [7, 11) is 0. The minimum Gasteiger partial charge on any atom is -0.475 e. The van der Waals surface area contributed by atoms with Crippen LogP contribution in [0.1, 0.15) is 16.2 Å². The van der Waals surface area contributed by atoms with Gasteiger partial charge < -0.3 is 5.11 Å². The monoisotopic (exact) mass is 310 g/mol. The molecule has 0 saturated heterocycles. The number of aromatic carboxylic acids is 1. The molecule has 0 aliphatic heterocycles. The summed E-state index contributed by atoms with van der Waals surface area (Å²) in [5.74, 6) is -0.827. The van der Waals surface area contributed by atoms with Crippen molar-refractivity contribution in [1.29, 1.82) is 0 Å². The molecule has 0 fully saturated rings. The van der Waals surface area contributed by atoms with Crippen LogP contribution in [0.4, 0.5) is 0 Å². The van der Waals surface area contributed by atoms with Crippen LogP contribution < -0.4 is 0 Å². The summed E-state index contributed by atoms with van der Waals surface area (Å²) < 4.78 is 1.35. The second-order valence-electron chi connectivity index (χ2n) is 3.07. The molecule has 0 saturated carbocycles. The van der Waals surface area contributed by atoms with E-state index in [1.165, 1.54) is 23.2 Å². The Morgan fingerprint density at radius 2 is 2.06 bits per heavy atom. The van der Waals surface area contributed by atoms with Gasteiger partial charge in [-0.25, -0.2) is 14.8 Å². The van der Waals surface area contributed by atoms with E-state index in [4.69, 9.17) is 16.7 Å². The third-order valence-corrected chi connectivity index (χ3v) is 2.16. The van der Waals surface area contributed by atoms with Crippen LogP contribution in [-0.2, 0) is 0 Å². The van der Waals surface area contributed by atoms with Gasteiger partial charge in [-0.3, -0.25) is 4.57 Å². The van der Waals surface area contributed by atoms with Crippen LogP contribution in [-0.4, -0.2) is 30.6 Å². The average Bonchev–Trinajstić information content (AvgIpc) is 2.70. The molecule has 0 radical (unpaired) electrons. The van der Waals surface area contributed by atoms with Gasteiger partial charge in [0.1, 0.15) is 5.82 Å². The molecule has 0 atom stereocenters. The first-order valence-corrected chi connectivity index (χ1v) is 4.73. The van der Waals surface area contributed by atoms with Crippen LogP contribution >= 0.6 is 36.4 Å². The minimum absolute atomic E-state index is 0. The highest BCUT2D eigenvalue weighted by Crippen LogP contribution is 2.14. The Morgan fingerprint density at radius 1 is 1.39 bits per heavy atom. The predicted molar refractivity (Wildman–Crippen MR) is 70.4 cm³/mol. The first-order chi connectivity index (χ1) is 7.59. The number of nitrogens with zero attached hydrogens (tertiary/aromatic N) is 4. The molecular formula is C9H9Cl3N4O2. The number of aryl methyl sites for hydroxylation is 1. The van der Waals surface area contributed by atoms with Gasteiger partial charge in [-0.1, -0.05) is 0 Å². The summed E-state index contributed by atoms with van der Waals surface area (Å²) in [6, 6.07) is 0. The predicted octanol–water partition coefficient (Wildman–Crippen LogP) is 2.17. The molecule has 0 amide bonds. The lowest BCUT2D eigenvalue weighted by atomic mass is 10.3. The molecule has 1 N–H and O–H groups in total. The lowest BCUT2D eigenvalue weighted by Gasteiger charge is -2.06. The highest BCUT2D eigenvalue weighted by molar-refractivity contribution is 6.28. The van der Waals surface area contributed by atoms with Gasteiger partial charge in [0.2, 0.25) is 11.1 Å². The Balaban J connectivity index is 0.00000144. The summed E-state index contributed by atoms with van der Waals surface area (Å²) in [6.45, 7) is 1.76. The van der Waals surface area contributed by atoms with Crippen molar-refractivity contribution >= 4 is 42.4 Å². The van der Waals surface area contributed by atoms with Gasteiger partial charge in [0.05, 0.1) is 0 Å². The highest BCUT2D eigenvalue weighted by Gasteiger charge is 2.15. The van der Waals surface area contributed by atoms with Gasteiger partial charge in [0.15, 0.2) is 0 Å². The topological polar surface area (TPSA) is 80.9 Å². The zero-order valence-corrected chi connectivity index (χ0v) is 11.5. The standard InChI is InChI=1S/C9H7ClN4O2.2ClH/c1-5-4-12-9(10)13-6(5)14-3-2-11-7(14)8(15)16;;/h2-4H,1H3,(H,15,16);2*1H. The molecule has 0 spiro atoms. The van der Waals surface area contributed by atoms with Gasteiger partial charge in [-0.05, 0) is 18.5 Å². The van der Waals surface area contributed by atoms with E-state index in [9.17, 15) is 4.79 Å². The zero-order valence-electron chi connectivity index (χ0n) is 9.07. The Bertz CT molecular complexity index is 558. The molecule has 0 bridgehead atoms. The maximum absolute atomic E-state index is 10.9. The molecular weight excluding hydrogens is 302 g/mol. The number of carboxylic acids is 1. The van der Waals surface area contributed by atoms with Crippen molar-refractivity contribution in [3.8, 4) is 5.82 Å². The fourth-order valence-corrected chi connectivity index (χ4v) is 1.42. The summed E-state index contributed by atoms with van der Waals surface area (Å²) in [5.41, 5.74) is 0.713. The SMILES string of the molecule is Cc1cnc(Cl)nc1-n1ccnc1C(=O)O.Cl.Cl. The zero-order chi connectivity index (χ0) is 11.7. The number of carbonyl (C=O) groups is 1. The molecule has 0 aliphatic carbocycles. The summed E-state index contributed by atoms with van der Waals surface area (Å²) >= 11 is 5.66. The minimum atomic E-state index is -1.13. The molecule has 98 valence electrons. The summed E-state index contributed by atoms with van der Waals surface area (Å²) in [5, 5.41) is 8.98. The normalized spacial score (nSPS) is 9.22. The quantitative estimate of drug-likeness (QED) is 0.860. The van der Waals surface area contributed by atoms with E-state index in [0.717, 1.165) is 0 Å². The van der Waals surface area contributed by atoms with E-state index in [-0.39, 0.29) is 35.9 Å². The van der Waals surface area contributed by atoms with Gasteiger partial charge in [-0.15, -0.1) is 24.8 Å². The second kappa shape index (κ2) is 6.53. The highest BCUT2D eigenvalue weighted by atomic mass is 35.5. The Morgan fingerprint density at radius 3 is 2.67 bits per heavy atom. The molecule has 0 aliphatic rings. The van der Waals surface area contributed by atoms with E-state index in [1.54, 1.807) is 6.92 Å². The second-order valence-corrected chi connectivity index (χ2v) is 3.41. The lowest BCUT2D eigenvalue weighted by molar-refractivity contribution is 0.0681. The van der Waals surface area contributed by atoms with Crippen LogP contribution in [0, 0.1) is 6.92 Å². The van der Waals surface area contributed by atoms with Crippen molar-refractivity contribution in [3.05, 3.63) is 35.3 Å². The smallest absolute Gasteiger partial charge is 0.372 e. The summed E-state index contributed by atoms with van der Waals surface area (Å²) in [4.78, 5) is 22.4. The van der Waals surface area contributed by atoms with Crippen molar-refractivity contribution in [1.82, 2.24) is 19.5 Å². The fraction of sp³-hybridized carbons (Fsp3) is 0.111. The first kappa shape index (κ1) is 16.6. The largest absolute Gasteiger partial charge is 0.475 e. The fourth-order valence-electron chi connectivity index (χ4n) is 1.29. The molecule has 2 aromatic rings. The van der Waals surface area contributed by atoms with Gasteiger partial charge in [-0.2, -0.15) is 4.98 Å². The maximum Gasteiger partial charge on any atom is 0.372 e. The van der Waals surface area contributed by atoms with Crippen LogP contribution in [0.3, 0.4) is 0 Å². The lowest BCUT2D eigenvalue weighted by Crippen LogP contribution is -2.10. The van der Waals surface area contributed by atoms with Gasteiger partial charge in [0.25, 0.3) is 0 Å². The number of imidazole rings is 1. The van der Waals surface area contributed by atoms with Crippen LogP contribution in [0.2, 0.25) is 5.28 Å². The van der Waals surface area contributed by atoms with Crippen molar-refractivity contribution in [2.24, 2.45) is 0 Å². The van der Waals surface area contributed by atoms with E-state index < -0.39 is 5.97 Å². The molecule has 9 heteroatoms. The number of rotatable bonds is 2. The van der Waals surface area contributed by atoms with Crippen molar-refractivity contribution < 1.29 is 9.90 Å². The van der Waals surface area contributed by atoms with E-state index in [2.05, 4.69) is 15.0 Å². The molecule has 18 heavy (non-hydrogen) atoms. The molecule has 0 unspecified atom stereocenters. The molecule has 0 aromatic carbocycles. The molecule has 2 aromatic heterocycles. The van der Waals surface area contributed by atoms with E-state index in [0.29, 0.717) is 11.4 Å². The van der Waals surface area contributed by atoms with Crippen LogP contribution in [0.25, 0.3) is 5.82 Å². The van der Waals surface area contributed by atoms with Crippen molar-refractivity contribution in [2.45, 2.75) is 6.92 Å². The van der Waals surface area contributed by atoms with Crippen molar-refractivity contribution in [2.75, 3.05) is 0 Å². The first-order valence-electron chi connectivity index (χ1n) is 4.35. The van der Waals surface area contributed by atoms with E-state index >= 15 is 0 Å². The Labute approximate surface area is 120 Å². The average molecular weight is 312 g/mol. The van der Waals surface area contributed by atoms with Crippen molar-refractivity contribution in [3.63, 3.8) is 0 Å². The molecule has 2 rings (SSSR count). The third kappa shape index (κ3) is 3.10. The number of carboxylic acid groups (broad SMARTS) is 1. The molecule has 2 heterocycles. The number of hydrogen-bond donors (Lipinski definition) is 1. The number of halogens is 3.